The van der Waals surface area contributed by atoms with Crippen LogP contribution in [0.15, 0.2) is 24.3 Å². The largest absolute Gasteiger partial charge is 3.00 e. The van der Waals surface area contributed by atoms with Crippen molar-refractivity contribution in [2.75, 3.05) is 119 Å². The topological polar surface area (TPSA) is 232 Å². The van der Waals surface area contributed by atoms with Crippen molar-refractivity contribution >= 4 is 35.5 Å². The molecule has 0 spiro atoms. The minimum absolute atomic E-state index is 0. The molecule has 2 bridgehead atoms. The maximum atomic E-state index is 11.2. The SMILES string of the molecule is C1COCC[NH+]2CCOCCOCC[NH+](CCO1)CCOCCOCC2.[Co+3].[K+].[NH-]C(=O)NC(=O)[N-]c1ccccc1[N-]C(=O)NC([NH-])=O. The van der Waals surface area contributed by atoms with Crippen LogP contribution >= 0.6 is 0 Å². The number of fused-ring (bicyclic) bond motifs is 21. The van der Waals surface area contributed by atoms with Crippen LogP contribution in [-0.4, -0.2) is 143 Å². The minimum Gasteiger partial charge on any atom is -0.447 e. The van der Waals surface area contributed by atoms with Gasteiger partial charge in [0.25, 0.3) is 0 Å². The molecule has 0 aliphatic carbocycles. The number of nitrogens with zero attached hydrogens (tertiary/aromatic N) is 2. The van der Waals surface area contributed by atoms with E-state index in [-0.39, 0.29) is 79.5 Å². The van der Waals surface area contributed by atoms with Gasteiger partial charge in [-0.3, -0.25) is 19.2 Å². The third kappa shape index (κ3) is 24.6. The van der Waals surface area contributed by atoms with Gasteiger partial charge in [-0.15, -0.1) is 0 Å². The zero-order valence-corrected chi connectivity index (χ0v) is 31.5. The zero-order valence-electron chi connectivity index (χ0n) is 27.3. The number of para-hydroxylation sites is 2. The Balaban J connectivity index is 0.000000913. The molecule has 0 saturated carbocycles. The van der Waals surface area contributed by atoms with E-state index in [1.54, 1.807) is 10.6 Å². The number of rotatable bonds is 2. The number of quaternary nitrogens is 2. The molecule has 0 aromatic heterocycles. The van der Waals surface area contributed by atoms with Crippen molar-refractivity contribution in [1.82, 2.24) is 10.6 Å². The van der Waals surface area contributed by atoms with Gasteiger partial charge in [-0.05, 0) is 11.4 Å². The molecule has 20 heteroatoms. The molecular formula is C28H46CoKN8O10+2. The Morgan fingerprint density at radius 3 is 1.00 bits per heavy atom. The fourth-order valence-electron chi connectivity index (χ4n) is 4.14. The first kappa shape index (κ1) is 46.5. The second kappa shape index (κ2) is 30.4. The Kier molecular flexibility index (Phi) is 29.4. The summed E-state index contributed by atoms with van der Waals surface area (Å²) in [6, 6.07) is 0.832. The Hall–Kier alpha value is -1.48. The molecule has 3 heterocycles. The quantitative estimate of drug-likeness (QED) is 0.229. The van der Waals surface area contributed by atoms with Crippen molar-refractivity contribution in [2.45, 2.75) is 0 Å². The number of carbonyl (C=O) groups excluding carboxylic acids is 4. The molecule has 1 aromatic carbocycles. The maximum Gasteiger partial charge on any atom is 3.00 e. The number of hydrogen-bond donors (Lipinski definition) is 4. The number of ether oxygens (including phenoxy) is 6. The van der Waals surface area contributed by atoms with E-state index in [4.69, 9.17) is 39.9 Å². The van der Waals surface area contributed by atoms with Gasteiger partial charge in [0, 0.05) is 0 Å². The molecule has 0 unspecified atom stereocenters. The number of amides is 8. The average molecular weight is 753 g/mol. The van der Waals surface area contributed by atoms with Crippen LogP contribution in [0.4, 0.5) is 30.6 Å². The van der Waals surface area contributed by atoms with Crippen molar-refractivity contribution in [3.8, 4) is 0 Å². The molecule has 3 saturated heterocycles. The van der Waals surface area contributed by atoms with Crippen LogP contribution in [0, 0.1) is 0 Å². The van der Waals surface area contributed by atoms with Gasteiger partial charge >= 0.3 is 68.2 Å². The first-order chi connectivity index (χ1) is 22.3. The first-order valence-corrected chi connectivity index (χ1v) is 15.1. The Morgan fingerprint density at radius 1 is 0.521 bits per heavy atom. The normalized spacial score (nSPS) is 20.3. The molecule has 0 radical (unpaired) electrons. The van der Waals surface area contributed by atoms with Crippen LogP contribution in [0.3, 0.4) is 0 Å². The minimum atomic E-state index is -1.33. The number of carbonyl (C=O) groups is 4. The van der Waals surface area contributed by atoms with Crippen LogP contribution in [-0.2, 0) is 45.2 Å². The average Bonchev–Trinajstić information content (AvgIpc) is 2.99. The molecule has 3 aliphatic heterocycles. The fourth-order valence-corrected chi connectivity index (χ4v) is 4.14. The molecule has 48 heavy (non-hydrogen) atoms. The van der Waals surface area contributed by atoms with E-state index in [0.717, 1.165) is 78.9 Å². The zero-order chi connectivity index (χ0) is 33.2. The van der Waals surface area contributed by atoms with Crippen molar-refractivity contribution in [2.24, 2.45) is 0 Å². The summed E-state index contributed by atoms with van der Waals surface area (Å²) in [6.07, 6.45) is 0. The summed E-state index contributed by atoms with van der Waals surface area (Å²) >= 11 is 0. The molecule has 3 aliphatic rings. The molecular weight excluding hydrogens is 706 g/mol. The monoisotopic (exact) mass is 752 g/mol. The van der Waals surface area contributed by atoms with Gasteiger partial charge in [-0.25, -0.2) is 0 Å². The number of benzene rings is 1. The van der Waals surface area contributed by atoms with Gasteiger partial charge in [-0.2, -0.15) is 0 Å². The fraction of sp³-hybridized carbons (Fsp3) is 0.643. The molecule has 0 atom stereocenters. The third-order valence-electron chi connectivity index (χ3n) is 6.48. The van der Waals surface area contributed by atoms with Crippen molar-refractivity contribution in [1.29, 1.82) is 0 Å². The summed E-state index contributed by atoms with van der Waals surface area (Å²) in [7, 11) is 0. The van der Waals surface area contributed by atoms with E-state index in [2.05, 4.69) is 10.6 Å². The number of hydrogen-bond acceptors (Lipinski definition) is 10. The van der Waals surface area contributed by atoms with Gasteiger partial charge < -0.3 is 71.0 Å². The summed E-state index contributed by atoms with van der Waals surface area (Å²) in [5, 5.41) is 10.1. The van der Waals surface area contributed by atoms with Crippen molar-refractivity contribution in [3.05, 3.63) is 46.4 Å². The maximum absolute atomic E-state index is 11.2. The van der Waals surface area contributed by atoms with Gasteiger partial charge in [0.1, 0.15) is 39.3 Å². The molecule has 3 fully saturated rings. The number of imide groups is 2. The van der Waals surface area contributed by atoms with Crippen molar-refractivity contribution in [3.63, 3.8) is 0 Å². The van der Waals surface area contributed by atoms with Crippen LogP contribution in [0.1, 0.15) is 0 Å². The predicted octanol–water partition coefficient (Wildman–Crippen LogP) is -2.65. The molecule has 18 nitrogen and oxygen atoms in total. The van der Waals surface area contributed by atoms with Crippen LogP contribution in [0.2, 0.25) is 0 Å². The van der Waals surface area contributed by atoms with Gasteiger partial charge in [0.05, 0.1) is 79.3 Å². The molecule has 8 amide bonds. The van der Waals surface area contributed by atoms with E-state index >= 15 is 0 Å². The third-order valence-corrected chi connectivity index (χ3v) is 6.48. The summed E-state index contributed by atoms with van der Waals surface area (Å²) in [6.45, 7) is 14.1. The standard InChI is InChI=1S/C18H36N2O6.C10H12N6O4.Co.K/c1-7-21-13-14-24-10-4-20-5-11-25-17-15-22-8-2-19(1)3-9-23-16-18-26-12-6-20;11-7(17)15-9(19)13-5-3-1-2-4-6(5)14-10(20)16-8(12)18;;/h1-18H2;1-4H,(H8,11,12,13,14,15,16,17,18,19,20);;/q;;+3;+1/p-2. The van der Waals surface area contributed by atoms with E-state index in [0.29, 0.717) is 39.6 Å². The van der Waals surface area contributed by atoms with Gasteiger partial charge in [0.2, 0.25) is 0 Å². The summed E-state index contributed by atoms with van der Waals surface area (Å²) < 4.78 is 34.4. The second-order valence-electron chi connectivity index (χ2n) is 9.91. The Morgan fingerprint density at radius 2 is 0.771 bits per heavy atom. The summed E-state index contributed by atoms with van der Waals surface area (Å²) in [5.74, 6) is 0. The predicted molar refractivity (Wildman–Crippen MR) is 165 cm³/mol. The number of nitrogens with one attached hydrogen (secondary N) is 6. The Labute approximate surface area is 333 Å². The van der Waals surface area contributed by atoms with E-state index < -0.39 is 24.1 Å². The van der Waals surface area contributed by atoms with Gasteiger partial charge in [0.15, 0.2) is 24.1 Å². The smallest absolute Gasteiger partial charge is 0.447 e. The van der Waals surface area contributed by atoms with Crippen LogP contribution in [0.25, 0.3) is 22.1 Å². The van der Waals surface area contributed by atoms with Gasteiger partial charge in [-0.1, -0.05) is 24.3 Å². The second-order valence-corrected chi connectivity index (χ2v) is 9.91. The van der Waals surface area contributed by atoms with Crippen molar-refractivity contribution < 1.29 is 126 Å². The molecule has 6 N–H and O–H groups in total. The molecule has 1 aromatic rings. The summed E-state index contributed by atoms with van der Waals surface area (Å²) in [4.78, 5) is 46.0. The van der Waals surface area contributed by atoms with E-state index in [1.807, 2.05) is 0 Å². The Bertz CT molecular complexity index is 925. The first-order valence-electron chi connectivity index (χ1n) is 15.1. The van der Waals surface area contributed by atoms with Crippen LogP contribution < -0.4 is 71.8 Å². The summed E-state index contributed by atoms with van der Waals surface area (Å²) in [5.41, 5.74) is 13.0. The van der Waals surface area contributed by atoms with E-state index in [1.165, 1.54) is 34.1 Å². The molecule has 266 valence electrons. The number of urea groups is 4. The van der Waals surface area contributed by atoms with Crippen LogP contribution in [0.5, 0.6) is 0 Å². The molecule has 4 rings (SSSR count). The van der Waals surface area contributed by atoms with E-state index in [9.17, 15) is 19.2 Å².